The van der Waals surface area contributed by atoms with Gasteiger partial charge in [0, 0.05) is 10.5 Å². The molecule has 0 radical (unpaired) electrons. The minimum atomic E-state index is -4.38. The summed E-state index contributed by atoms with van der Waals surface area (Å²) < 4.78 is 49.9. The van der Waals surface area contributed by atoms with Gasteiger partial charge >= 0.3 is 12.1 Å². The van der Waals surface area contributed by atoms with Crippen molar-refractivity contribution in [2.45, 2.75) is 49.7 Å². The lowest BCUT2D eigenvalue weighted by Crippen LogP contribution is -2.15. The summed E-state index contributed by atoms with van der Waals surface area (Å²) in [4.78, 5) is 11.6. The molecule has 0 aromatic heterocycles. The van der Waals surface area contributed by atoms with Crippen molar-refractivity contribution in [2.24, 2.45) is 0 Å². The lowest BCUT2D eigenvalue weighted by atomic mass is 10.1. The number of nitrogens with one attached hydrogen (secondary N) is 1. The van der Waals surface area contributed by atoms with Crippen molar-refractivity contribution in [1.82, 2.24) is 5.32 Å². The van der Waals surface area contributed by atoms with Crippen LogP contribution in [-0.4, -0.2) is 22.9 Å². The summed E-state index contributed by atoms with van der Waals surface area (Å²) in [5.41, 5.74) is 1.65. The van der Waals surface area contributed by atoms with E-state index in [2.05, 4.69) is 5.32 Å². The summed E-state index contributed by atoms with van der Waals surface area (Å²) in [5, 5.41) is 12.0. The molecule has 2 aromatic carbocycles. The van der Waals surface area contributed by atoms with Crippen LogP contribution in [0.2, 0.25) is 0 Å². The number of halogens is 3. The van der Waals surface area contributed by atoms with Gasteiger partial charge in [0.05, 0.1) is 16.5 Å². The Morgan fingerprint density at radius 3 is 2.50 bits per heavy atom. The monoisotopic (exact) mass is 467 g/mol. The van der Waals surface area contributed by atoms with Crippen LogP contribution in [0.5, 0.6) is 5.75 Å². The number of carboxylic acids is 1. The van der Waals surface area contributed by atoms with Crippen LogP contribution in [0.3, 0.4) is 0 Å². The number of ether oxygens (including phenoxy) is 2. The van der Waals surface area contributed by atoms with Crippen molar-refractivity contribution in [2.75, 3.05) is 6.61 Å². The minimum Gasteiger partial charge on any atom is -0.482 e. The van der Waals surface area contributed by atoms with Gasteiger partial charge < -0.3 is 19.9 Å². The molecule has 2 aromatic rings. The zero-order chi connectivity index (χ0) is 23.5. The van der Waals surface area contributed by atoms with E-state index < -0.39 is 30.5 Å². The molecule has 1 aliphatic rings. The number of hydrogen-bond donors (Lipinski definition) is 2. The molecule has 32 heavy (non-hydrogen) atoms. The van der Waals surface area contributed by atoms with E-state index in [0.717, 1.165) is 34.0 Å². The summed E-state index contributed by atoms with van der Waals surface area (Å²) >= 11 is 1.57. The number of carboxylic acid groups (broad SMARTS) is 1. The molecule has 0 saturated heterocycles. The molecule has 0 bridgehead atoms. The normalized spacial score (nSPS) is 17.0. The molecule has 1 heterocycles. The predicted octanol–water partition coefficient (Wildman–Crippen LogP) is 5.90. The first-order valence-electron chi connectivity index (χ1n) is 10.0. The Labute approximate surface area is 188 Å². The second-order valence-electron chi connectivity index (χ2n) is 7.33. The third-order valence-corrected chi connectivity index (χ3v) is 6.02. The van der Waals surface area contributed by atoms with Crippen molar-refractivity contribution in [3.63, 3.8) is 0 Å². The van der Waals surface area contributed by atoms with Gasteiger partial charge in [-0.3, -0.25) is 0 Å². The summed E-state index contributed by atoms with van der Waals surface area (Å²) in [6, 6.07) is 10.5. The smallest absolute Gasteiger partial charge is 0.416 e. The van der Waals surface area contributed by atoms with Crippen molar-refractivity contribution in [3.05, 3.63) is 70.6 Å². The first-order chi connectivity index (χ1) is 15.1. The number of benzene rings is 2. The van der Waals surface area contributed by atoms with Crippen molar-refractivity contribution >= 4 is 17.7 Å². The van der Waals surface area contributed by atoms with Gasteiger partial charge in [0.1, 0.15) is 11.5 Å². The van der Waals surface area contributed by atoms with E-state index in [1.807, 2.05) is 32.9 Å². The third-order valence-electron chi connectivity index (χ3n) is 4.92. The number of rotatable bonds is 8. The zero-order valence-electron chi connectivity index (χ0n) is 17.8. The van der Waals surface area contributed by atoms with E-state index in [1.54, 1.807) is 17.8 Å². The van der Waals surface area contributed by atoms with Crippen LogP contribution < -0.4 is 10.1 Å². The zero-order valence-corrected chi connectivity index (χ0v) is 18.6. The highest BCUT2D eigenvalue weighted by molar-refractivity contribution is 8.00. The molecular formula is C23H24F3NO4S. The van der Waals surface area contributed by atoms with Crippen molar-refractivity contribution < 1.29 is 32.5 Å². The van der Waals surface area contributed by atoms with Crippen molar-refractivity contribution in [3.8, 4) is 5.75 Å². The molecule has 0 aliphatic carbocycles. The van der Waals surface area contributed by atoms with Crippen LogP contribution in [-0.2, 0) is 15.7 Å². The molecule has 9 heteroatoms. The van der Waals surface area contributed by atoms with Gasteiger partial charge in [0.25, 0.3) is 0 Å². The van der Waals surface area contributed by atoms with Gasteiger partial charge in [-0.15, -0.1) is 11.8 Å². The molecule has 1 aliphatic heterocycles. The number of carbonyl (C=O) groups is 1. The van der Waals surface area contributed by atoms with Gasteiger partial charge in [-0.2, -0.15) is 13.2 Å². The van der Waals surface area contributed by atoms with Gasteiger partial charge in [-0.05, 0) is 56.2 Å². The van der Waals surface area contributed by atoms with E-state index in [9.17, 15) is 18.0 Å². The molecule has 0 fully saturated rings. The molecule has 3 rings (SSSR count). The maximum absolute atomic E-state index is 12.8. The maximum Gasteiger partial charge on any atom is 0.416 e. The predicted molar refractivity (Wildman–Crippen MR) is 115 cm³/mol. The molecule has 5 nitrogen and oxygen atoms in total. The van der Waals surface area contributed by atoms with E-state index >= 15 is 0 Å². The lowest BCUT2D eigenvalue weighted by Gasteiger charge is -2.18. The summed E-state index contributed by atoms with van der Waals surface area (Å²) in [7, 11) is 0. The SMILES string of the molecule is CCC1=C([C@@H](C)Sc2ccc(OCC(=O)O)c(C)c2)OC(c2ccc(C(F)(F)F)cc2)N1. The average molecular weight is 468 g/mol. The molecule has 2 atom stereocenters. The molecule has 0 saturated carbocycles. The number of alkyl halides is 3. The third kappa shape index (κ3) is 5.70. The highest BCUT2D eigenvalue weighted by Gasteiger charge is 2.32. The number of aryl methyl sites for hydroxylation is 1. The average Bonchev–Trinajstić information content (AvgIpc) is 3.17. The Kier molecular flexibility index (Phi) is 7.28. The lowest BCUT2D eigenvalue weighted by molar-refractivity contribution is -0.139. The standard InChI is InChI=1S/C23H24F3NO4S/c1-4-18-21(31-22(27-18)15-5-7-16(8-6-15)23(24,25)26)14(3)32-17-9-10-19(13(2)11-17)30-12-20(28)29/h5-11,14,22,27H,4,12H2,1-3H3,(H,28,29)/t14-,22?/m1/s1. The van der Waals surface area contributed by atoms with Crippen LogP contribution in [0.15, 0.2) is 58.8 Å². The molecule has 2 N–H and O–H groups in total. The Bertz CT molecular complexity index is 1010. The number of aliphatic carboxylic acids is 1. The van der Waals surface area contributed by atoms with Crippen LogP contribution in [0.25, 0.3) is 0 Å². The Morgan fingerprint density at radius 1 is 1.25 bits per heavy atom. The summed E-state index contributed by atoms with van der Waals surface area (Å²) in [6.45, 7) is 5.42. The van der Waals surface area contributed by atoms with Crippen LogP contribution >= 0.6 is 11.8 Å². The highest BCUT2D eigenvalue weighted by Crippen LogP contribution is 2.38. The quantitative estimate of drug-likeness (QED) is 0.472. The maximum atomic E-state index is 12.8. The number of allylic oxidation sites excluding steroid dienone is 1. The van der Waals surface area contributed by atoms with E-state index in [-0.39, 0.29) is 5.25 Å². The second kappa shape index (κ2) is 9.77. The van der Waals surface area contributed by atoms with Crippen LogP contribution in [0.1, 0.15) is 43.2 Å². The van der Waals surface area contributed by atoms with Gasteiger partial charge in [-0.25, -0.2) is 4.79 Å². The summed E-state index contributed by atoms with van der Waals surface area (Å²) in [6.07, 6.45) is -4.23. The van der Waals surface area contributed by atoms with Gasteiger partial charge in [0.2, 0.25) is 0 Å². The van der Waals surface area contributed by atoms with Crippen molar-refractivity contribution in [1.29, 1.82) is 0 Å². The summed E-state index contributed by atoms with van der Waals surface area (Å²) in [5.74, 6) is 0.231. The number of thioether (sulfide) groups is 1. The minimum absolute atomic E-state index is 0.0536. The Hall–Kier alpha value is -2.81. The fourth-order valence-corrected chi connectivity index (χ4v) is 4.43. The fraction of sp³-hybridized carbons (Fsp3) is 0.348. The second-order valence-corrected chi connectivity index (χ2v) is 8.74. The first kappa shape index (κ1) is 23.8. The van der Waals surface area contributed by atoms with Crippen LogP contribution in [0.4, 0.5) is 13.2 Å². The van der Waals surface area contributed by atoms with Crippen LogP contribution in [0, 0.1) is 6.92 Å². The van der Waals surface area contributed by atoms with Gasteiger partial charge in [-0.1, -0.05) is 19.1 Å². The first-order valence-corrected chi connectivity index (χ1v) is 10.9. The molecule has 1 unspecified atom stereocenters. The molecule has 0 amide bonds. The fourth-order valence-electron chi connectivity index (χ4n) is 3.33. The molecule has 172 valence electrons. The topological polar surface area (TPSA) is 67.8 Å². The highest BCUT2D eigenvalue weighted by atomic mass is 32.2. The Morgan fingerprint density at radius 2 is 1.94 bits per heavy atom. The molecular weight excluding hydrogens is 443 g/mol. The Balaban J connectivity index is 1.69. The largest absolute Gasteiger partial charge is 0.482 e. The van der Waals surface area contributed by atoms with E-state index in [0.29, 0.717) is 17.7 Å². The molecule has 0 spiro atoms. The number of hydrogen-bond acceptors (Lipinski definition) is 5. The van der Waals surface area contributed by atoms with E-state index in [1.165, 1.54) is 12.1 Å². The van der Waals surface area contributed by atoms with Gasteiger partial charge in [0.15, 0.2) is 12.8 Å². The van der Waals surface area contributed by atoms with E-state index in [4.69, 9.17) is 14.6 Å².